The van der Waals surface area contributed by atoms with E-state index in [2.05, 4.69) is 25.1 Å². The summed E-state index contributed by atoms with van der Waals surface area (Å²) in [5, 5.41) is 0.603. The molecule has 0 bridgehead atoms. The molecule has 0 atom stereocenters. The molecule has 15 heavy (non-hydrogen) atoms. The van der Waals surface area contributed by atoms with Crippen molar-refractivity contribution in [1.82, 2.24) is 0 Å². The fraction of sp³-hybridized carbons (Fsp3) is 0.0769. The molecule has 0 heterocycles. The molecule has 2 aromatic rings. The summed E-state index contributed by atoms with van der Waals surface area (Å²) in [6.45, 7) is 2.07. The van der Waals surface area contributed by atoms with E-state index in [1.807, 2.05) is 24.3 Å². The zero-order valence-corrected chi connectivity index (χ0v) is 9.25. The minimum Gasteiger partial charge on any atom is -0.398 e. The van der Waals surface area contributed by atoms with Crippen LogP contribution in [0.15, 0.2) is 42.5 Å². The summed E-state index contributed by atoms with van der Waals surface area (Å²) in [7, 11) is 0. The monoisotopic (exact) mass is 217 g/mol. The Kier molecular flexibility index (Phi) is 2.65. The quantitative estimate of drug-likeness (QED) is 0.721. The highest BCUT2D eigenvalue weighted by atomic mass is 35.5. The Hall–Kier alpha value is -1.47. The highest BCUT2D eigenvalue weighted by molar-refractivity contribution is 6.33. The maximum atomic E-state index is 5.87. The van der Waals surface area contributed by atoms with Gasteiger partial charge in [0.2, 0.25) is 0 Å². The number of aryl methyl sites for hydroxylation is 1. The van der Waals surface area contributed by atoms with Gasteiger partial charge in [-0.3, -0.25) is 0 Å². The number of anilines is 1. The van der Waals surface area contributed by atoms with Crippen LogP contribution in [-0.2, 0) is 0 Å². The molecule has 1 nitrogen and oxygen atoms in total. The first-order valence-corrected chi connectivity index (χ1v) is 5.17. The van der Waals surface area contributed by atoms with Crippen LogP contribution in [0.3, 0.4) is 0 Å². The molecular weight excluding hydrogens is 206 g/mol. The number of halogens is 1. The molecule has 0 aliphatic rings. The van der Waals surface area contributed by atoms with Crippen LogP contribution in [0.5, 0.6) is 0 Å². The van der Waals surface area contributed by atoms with Crippen LogP contribution in [-0.4, -0.2) is 0 Å². The van der Waals surface area contributed by atoms with Gasteiger partial charge < -0.3 is 5.73 Å². The van der Waals surface area contributed by atoms with Gasteiger partial charge in [0.05, 0.1) is 10.7 Å². The molecule has 0 saturated carbocycles. The van der Waals surface area contributed by atoms with Gasteiger partial charge in [0.15, 0.2) is 0 Å². The van der Waals surface area contributed by atoms with E-state index in [9.17, 15) is 0 Å². The number of nitrogens with two attached hydrogens (primary N) is 1. The molecule has 0 fully saturated rings. The molecule has 76 valence electrons. The lowest BCUT2D eigenvalue weighted by Crippen LogP contribution is -1.87. The average molecular weight is 218 g/mol. The van der Waals surface area contributed by atoms with Gasteiger partial charge in [-0.1, -0.05) is 47.5 Å². The Labute approximate surface area is 94.5 Å². The van der Waals surface area contributed by atoms with Gasteiger partial charge in [0.1, 0.15) is 0 Å². The first kappa shape index (κ1) is 10.1. The van der Waals surface area contributed by atoms with Crippen LogP contribution in [0.4, 0.5) is 5.69 Å². The van der Waals surface area contributed by atoms with Crippen molar-refractivity contribution in [2.75, 3.05) is 5.73 Å². The summed E-state index contributed by atoms with van der Waals surface area (Å²) in [6, 6.07) is 14.0. The van der Waals surface area contributed by atoms with Crippen molar-refractivity contribution >= 4 is 17.3 Å². The van der Waals surface area contributed by atoms with Crippen molar-refractivity contribution in [2.24, 2.45) is 0 Å². The SMILES string of the molecule is Cc1cccc(-c2ccc(Cl)c(N)c2)c1. The fourth-order valence-corrected chi connectivity index (χ4v) is 1.67. The van der Waals surface area contributed by atoms with Gasteiger partial charge in [-0.25, -0.2) is 0 Å². The summed E-state index contributed by atoms with van der Waals surface area (Å²) in [5.74, 6) is 0. The molecule has 0 amide bonds. The third-order valence-electron chi connectivity index (χ3n) is 2.35. The van der Waals surface area contributed by atoms with Crippen LogP contribution < -0.4 is 5.73 Å². The predicted octanol–water partition coefficient (Wildman–Crippen LogP) is 3.90. The van der Waals surface area contributed by atoms with Crippen molar-refractivity contribution in [3.63, 3.8) is 0 Å². The maximum Gasteiger partial charge on any atom is 0.0635 e. The number of hydrogen-bond acceptors (Lipinski definition) is 1. The van der Waals surface area contributed by atoms with E-state index < -0.39 is 0 Å². The third kappa shape index (κ3) is 2.13. The highest BCUT2D eigenvalue weighted by Gasteiger charge is 2.00. The van der Waals surface area contributed by atoms with Crippen LogP contribution >= 0.6 is 11.6 Å². The van der Waals surface area contributed by atoms with E-state index in [-0.39, 0.29) is 0 Å². The van der Waals surface area contributed by atoms with Crippen molar-refractivity contribution in [3.8, 4) is 11.1 Å². The lowest BCUT2D eigenvalue weighted by atomic mass is 10.0. The molecule has 2 N–H and O–H groups in total. The molecule has 0 saturated heterocycles. The Bertz CT molecular complexity index is 492. The second-order valence-electron chi connectivity index (χ2n) is 3.61. The average Bonchev–Trinajstić information content (AvgIpc) is 2.22. The van der Waals surface area contributed by atoms with Gasteiger partial charge in [-0.05, 0) is 30.2 Å². The van der Waals surface area contributed by atoms with Crippen molar-refractivity contribution < 1.29 is 0 Å². The summed E-state index contributed by atoms with van der Waals surface area (Å²) in [6.07, 6.45) is 0. The van der Waals surface area contributed by atoms with E-state index in [4.69, 9.17) is 17.3 Å². The van der Waals surface area contributed by atoms with Crippen LogP contribution in [0.1, 0.15) is 5.56 Å². The van der Waals surface area contributed by atoms with E-state index in [0.717, 1.165) is 5.56 Å². The summed E-state index contributed by atoms with van der Waals surface area (Å²) < 4.78 is 0. The molecule has 2 aromatic carbocycles. The Morgan fingerprint density at radius 3 is 2.40 bits per heavy atom. The smallest absolute Gasteiger partial charge is 0.0635 e. The topological polar surface area (TPSA) is 26.0 Å². The van der Waals surface area contributed by atoms with Gasteiger partial charge in [-0.2, -0.15) is 0 Å². The first-order valence-electron chi connectivity index (χ1n) is 4.79. The van der Waals surface area contributed by atoms with E-state index in [0.29, 0.717) is 10.7 Å². The standard InChI is InChI=1S/C13H12ClN/c1-9-3-2-4-10(7-9)11-5-6-12(14)13(15)8-11/h2-8H,15H2,1H3. The largest absolute Gasteiger partial charge is 0.398 e. The minimum absolute atomic E-state index is 0.603. The van der Waals surface area contributed by atoms with Crippen LogP contribution in [0, 0.1) is 6.92 Å². The third-order valence-corrected chi connectivity index (χ3v) is 2.69. The molecule has 0 aliphatic heterocycles. The van der Waals surface area contributed by atoms with E-state index >= 15 is 0 Å². The van der Waals surface area contributed by atoms with Crippen molar-refractivity contribution in [3.05, 3.63) is 53.1 Å². The zero-order valence-electron chi connectivity index (χ0n) is 8.50. The van der Waals surface area contributed by atoms with Crippen molar-refractivity contribution in [1.29, 1.82) is 0 Å². The maximum absolute atomic E-state index is 5.87. The summed E-state index contributed by atoms with van der Waals surface area (Å²) >= 11 is 5.87. The molecule has 2 rings (SSSR count). The molecule has 2 heteroatoms. The Morgan fingerprint density at radius 1 is 1.00 bits per heavy atom. The molecular formula is C13H12ClN. The Morgan fingerprint density at radius 2 is 1.73 bits per heavy atom. The fourth-order valence-electron chi connectivity index (χ4n) is 1.55. The molecule has 0 aliphatic carbocycles. The van der Waals surface area contributed by atoms with Gasteiger partial charge in [-0.15, -0.1) is 0 Å². The normalized spacial score (nSPS) is 10.3. The zero-order chi connectivity index (χ0) is 10.8. The molecule has 0 spiro atoms. The lowest BCUT2D eigenvalue weighted by molar-refractivity contribution is 1.47. The van der Waals surface area contributed by atoms with Gasteiger partial charge in [0, 0.05) is 0 Å². The molecule has 0 unspecified atom stereocenters. The molecule has 0 radical (unpaired) electrons. The molecule has 0 aromatic heterocycles. The first-order chi connectivity index (χ1) is 7.16. The van der Waals surface area contributed by atoms with E-state index in [1.165, 1.54) is 11.1 Å². The number of hydrogen-bond donors (Lipinski definition) is 1. The number of nitrogen functional groups attached to an aromatic ring is 1. The highest BCUT2D eigenvalue weighted by Crippen LogP contribution is 2.26. The second-order valence-corrected chi connectivity index (χ2v) is 4.01. The van der Waals surface area contributed by atoms with Gasteiger partial charge >= 0.3 is 0 Å². The Balaban J connectivity index is 2.50. The number of rotatable bonds is 1. The van der Waals surface area contributed by atoms with Crippen LogP contribution in [0.25, 0.3) is 11.1 Å². The lowest BCUT2D eigenvalue weighted by Gasteiger charge is -2.05. The number of benzene rings is 2. The predicted molar refractivity (Wildman–Crippen MR) is 66.0 cm³/mol. The van der Waals surface area contributed by atoms with Crippen LogP contribution in [0.2, 0.25) is 5.02 Å². The minimum atomic E-state index is 0.603. The van der Waals surface area contributed by atoms with Gasteiger partial charge in [0.25, 0.3) is 0 Å². The van der Waals surface area contributed by atoms with E-state index in [1.54, 1.807) is 0 Å². The second kappa shape index (κ2) is 3.95. The summed E-state index contributed by atoms with van der Waals surface area (Å²) in [5.41, 5.74) is 9.89. The van der Waals surface area contributed by atoms with Crippen molar-refractivity contribution in [2.45, 2.75) is 6.92 Å². The summed E-state index contributed by atoms with van der Waals surface area (Å²) in [4.78, 5) is 0.